The third-order valence-electron chi connectivity index (χ3n) is 3.04. The minimum absolute atomic E-state index is 0.0535. The molecule has 0 atom stereocenters. The van der Waals surface area contributed by atoms with Gasteiger partial charge >= 0.3 is 0 Å². The van der Waals surface area contributed by atoms with Gasteiger partial charge in [-0.05, 0) is 42.3 Å². The lowest BCUT2D eigenvalue weighted by atomic mass is 10.1. The summed E-state index contributed by atoms with van der Waals surface area (Å²) in [6.45, 7) is 1.87. The summed E-state index contributed by atoms with van der Waals surface area (Å²) >= 11 is 0. The summed E-state index contributed by atoms with van der Waals surface area (Å²) in [4.78, 5) is 12.2. The highest BCUT2D eigenvalue weighted by Crippen LogP contribution is 2.20. The summed E-state index contributed by atoms with van der Waals surface area (Å²) < 4.78 is 5.21. The van der Waals surface area contributed by atoms with E-state index in [2.05, 4.69) is 5.32 Å². The van der Waals surface area contributed by atoms with Gasteiger partial charge in [0.25, 0.3) is 5.91 Å². The number of carbonyl (C=O) groups is 1. The van der Waals surface area contributed by atoms with E-state index in [1.807, 2.05) is 13.0 Å². The Morgan fingerprint density at radius 2 is 2.05 bits per heavy atom. The van der Waals surface area contributed by atoms with Crippen molar-refractivity contribution in [2.75, 3.05) is 12.4 Å². The van der Waals surface area contributed by atoms with E-state index in [0.717, 1.165) is 11.1 Å². The van der Waals surface area contributed by atoms with Gasteiger partial charge in [-0.15, -0.1) is 0 Å². The summed E-state index contributed by atoms with van der Waals surface area (Å²) in [5.74, 6) is 0.472. The Bertz CT molecular complexity index is 623. The van der Waals surface area contributed by atoms with Crippen LogP contribution in [0.15, 0.2) is 42.5 Å². The fraction of sp³-hybridized carbons (Fsp3) is 0.188. The molecule has 1 amide bonds. The standard InChI is InChI=1S/C16H17NO3/c1-11-6-7-13(9-15(11)20-2)16(19)17-14-5-3-4-12(8-14)10-18/h3-9,18H,10H2,1-2H3,(H,17,19). The highest BCUT2D eigenvalue weighted by molar-refractivity contribution is 6.04. The van der Waals surface area contributed by atoms with E-state index in [1.54, 1.807) is 43.5 Å². The van der Waals surface area contributed by atoms with E-state index in [-0.39, 0.29) is 12.5 Å². The molecule has 20 heavy (non-hydrogen) atoms. The minimum Gasteiger partial charge on any atom is -0.496 e. The van der Waals surface area contributed by atoms with Crippen LogP contribution in [0.5, 0.6) is 5.75 Å². The second kappa shape index (κ2) is 6.21. The molecule has 0 spiro atoms. The molecule has 0 heterocycles. The van der Waals surface area contributed by atoms with Gasteiger partial charge in [0, 0.05) is 11.3 Å². The van der Waals surface area contributed by atoms with Gasteiger partial charge in [-0.25, -0.2) is 0 Å². The molecule has 0 unspecified atom stereocenters. The SMILES string of the molecule is COc1cc(C(=O)Nc2cccc(CO)c2)ccc1C. The highest BCUT2D eigenvalue weighted by Gasteiger charge is 2.09. The maximum atomic E-state index is 12.2. The molecule has 4 heteroatoms. The van der Waals surface area contributed by atoms with Gasteiger partial charge < -0.3 is 15.2 Å². The Labute approximate surface area is 118 Å². The maximum Gasteiger partial charge on any atom is 0.255 e. The number of hydrogen-bond donors (Lipinski definition) is 2. The van der Waals surface area contributed by atoms with Gasteiger partial charge in [-0.2, -0.15) is 0 Å². The molecule has 0 aromatic heterocycles. The zero-order chi connectivity index (χ0) is 14.5. The molecule has 0 saturated heterocycles. The van der Waals surface area contributed by atoms with Crippen LogP contribution in [-0.2, 0) is 6.61 Å². The molecule has 0 aliphatic rings. The lowest BCUT2D eigenvalue weighted by Gasteiger charge is -2.09. The summed E-state index contributed by atoms with van der Waals surface area (Å²) in [7, 11) is 1.58. The monoisotopic (exact) mass is 271 g/mol. The number of nitrogens with one attached hydrogen (secondary N) is 1. The van der Waals surface area contributed by atoms with E-state index in [1.165, 1.54) is 0 Å². The largest absolute Gasteiger partial charge is 0.496 e. The van der Waals surface area contributed by atoms with Crippen molar-refractivity contribution in [3.05, 3.63) is 59.2 Å². The second-order valence-corrected chi connectivity index (χ2v) is 4.50. The number of benzene rings is 2. The Balaban J connectivity index is 2.19. The van der Waals surface area contributed by atoms with Gasteiger partial charge in [0.15, 0.2) is 0 Å². The second-order valence-electron chi connectivity index (χ2n) is 4.50. The highest BCUT2D eigenvalue weighted by atomic mass is 16.5. The van der Waals surface area contributed by atoms with Crippen molar-refractivity contribution in [2.24, 2.45) is 0 Å². The van der Waals surface area contributed by atoms with Crippen molar-refractivity contribution in [3.8, 4) is 5.75 Å². The Hall–Kier alpha value is -2.33. The molecule has 4 nitrogen and oxygen atoms in total. The number of aryl methyl sites for hydroxylation is 1. The fourth-order valence-corrected chi connectivity index (χ4v) is 1.91. The number of aliphatic hydroxyl groups is 1. The van der Waals surface area contributed by atoms with Crippen LogP contribution in [0, 0.1) is 6.92 Å². The molecule has 0 saturated carbocycles. The number of aliphatic hydroxyl groups excluding tert-OH is 1. The predicted molar refractivity (Wildman–Crippen MR) is 78.0 cm³/mol. The predicted octanol–water partition coefficient (Wildman–Crippen LogP) is 2.75. The summed E-state index contributed by atoms with van der Waals surface area (Å²) in [5.41, 5.74) is 2.92. The first-order valence-electron chi connectivity index (χ1n) is 6.30. The fourth-order valence-electron chi connectivity index (χ4n) is 1.91. The molecule has 2 N–H and O–H groups in total. The maximum absolute atomic E-state index is 12.2. The first kappa shape index (κ1) is 14.1. The first-order chi connectivity index (χ1) is 9.63. The van der Waals surface area contributed by atoms with Gasteiger partial charge in [0.1, 0.15) is 5.75 Å². The van der Waals surface area contributed by atoms with Crippen molar-refractivity contribution in [1.29, 1.82) is 0 Å². The topological polar surface area (TPSA) is 58.6 Å². The van der Waals surface area contributed by atoms with Crippen LogP contribution in [0.25, 0.3) is 0 Å². The van der Waals surface area contributed by atoms with Crippen LogP contribution in [0.1, 0.15) is 21.5 Å². The molecule has 2 aromatic rings. The molecule has 0 radical (unpaired) electrons. The summed E-state index contributed by atoms with van der Waals surface area (Å²) in [5, 5.41) is 11.9. The molecule has 0 fully saturated rings. The van der Waals surface area contributed by atoms with Crippen LogP contribution in [-0.4, -0.2) is 18.1 Å². The minimum atomic E-state index is -0.210. The van der Waals surface area contributed by atoms with Gasteiger partial charge in [-0.3, -0.25) is 4.79 Å². The molecule has 0 bridgehead atoms. The third-order valence-corrected chi connectivity index (χ3v) is 3.04. The lowest BCUT2D eigenvalue weighted by molar-refractivity contribution is 0.102. The Morgan fingerprint density at radius 3 is 2.75 bits per heavy atom. The number of rotatable bonds is 4. The number of ether oxygens (including phenoxy) is 1. The van der Waals surface area contributed by atoms with Crippen molar-refractivity contribution in [1.82, 2.24) is 0 Å². The Kier molecular flexibility index (Phi) is 4.38. The number of carbonyl (C=O) groups excluding carboxylic acids is 1. The molecular formula is C16H17NO3. The number of anilines is 1. The average molecular weight is 271 g/mol. The number of hydrogen-bond acceptors (Lipinski definition) is 3. The number of amides is 1. The summed E-state index contributed by atoms with van der Waals surface area (Å²) in [6.07, 6.45) is 0. The van der Waals surface area contributed by atoms with Crippen LogP contribution in [0.2, 0.25) is 0 Å². The first-order valence-corrected chi connectivity index (χ1v) is 6.30. The van der Waals surface area contributed by atoms with Gasteiger partial charge in [-0.1, -0.05) is 18.2 Å². The van der Waals surface area contributed by atoms with Crippen molar-refractivity contribution >= 4 is 11.6 Å². The van der Waals surface area contributed by atoms with Crippen LogP contribution in [0.3, 0.4) is 0 Å². The van der Waals surface area contributed by atoms with E-state index in [4.69, 9.17) is 9.84 Å². The average Bonchev–Trinajstić information content (AvgIpc) is 2.47. The van der Waals surface area contributed by atoms with Crippen LogP contribution >= 0.6 is 0 Å². The smallest absolute Gasteiger partial charge is 0.255 e. The molecule has 0 aliphatic carbocycles. The molecule has 0 aliphatic heterocycles. The van der Waals surface area contributed by atoms with Crippen LogP contribution < -0.4 is 10.1 Å². The quantitative estimate of drug-likeness (QED) is 0.899. The van der Waals surface area contributed by atoms with Gasteiger partial charge in [0.05, 0.1) is 13.7 Å². The van der Waals surface area contributed by atoms with Crippen molar-refractivity contribution in [2.45, 2.75) is 13.5 Å². The zero-order valence-electron chi connectivity index (χ0n) is 11.5. The Morgan fingerprint density at radius 1 is 1.25 bits per heavy atom. The van der Waals surface area contributed by atoms with Crippen molar-refractivity contribution in [3.63, 3.8) is 0 Å². The van der Waals surface area contributed by atoms with E-state index in [9.17, 15) is 4.79 Å². The normalized spacial score (nSPS) is 10.2. The van der Waals surface area contributed by atoms with Crippen LogP contribution in [0.4, 0.5) is 5.69 Å². The molecule has 104 valence electrons. The van der Waals surface area contributed by atoms with Crippen molar-refractivity contribution < 1.29 is 14.6 Å². The van der Waals surface area contributed by atoms with E-state index >= 15 is 0 Å². The zero-order valence-corrected chi connectivity index (χ0v) is 11.5. The van der Waals surface area contributed by atoms with E-state index in [0.29, 0.717) is 17.0 Å². The van der Waals surface area contributed by atoms with Gasteiger partial charge in [0.2, 0.25) is 0 Å². The molecular weight excluding hydrogens is 254 g/mol. The lowest BCUT2D eigenvalue weighted by Crippen LogP contribution is -2.12. The third kappa shape index (κ3) is 3.16. The van der Waals surface area contributed by atoms with E-state index < -0.39 is 0 Å². The summed E-state index contributed by atoms with van der Waals surface area (Å²) in [6, 6.07) is 12.4. The molecule has 2 aromatic carbocycles. The number of methoxy groups -OCH3 is 1. The molecule has 2 rings (SSSR count).